The molecule has 5 rings (SSSR count). The lowest BCUT2D eigenvalue weighted by molar-refractivity contribution is -0.112. The number of nitrogens with zero attached hydrogens (tertiary/aromatic N) is 4. The van der Waals surface area contributed by atoms with E-state index in [1.165, 1.54) is 20.5 Å². The molecule has 0 saturated heterocycles. The number of hydrogen-bond acceptors (Lipinski definition) is 8. The predicted molar refractivity (Wildman–Crippen MR) is 141 cm³/mol. The van der Waals surface area contributed by atoms with Gasteiger partial charge in [-0.05, 0) is 23.8 Å². The number of halogens is 2. The van der Waals surface area contributed by atoms with Crippen LogP contribution in [0, 0.1) is 11.6 Å². The Kier molecular flexibility index (Phi) is 7.06. The molecule has 2 aromatic heterocycles. The van der Waals surface area contributed by atoms with Gasteiger partial charge in [0.25, 0.3) is 11.7 Å². The Hall–Kier alpha value is -5.39. The molecule has 0 aliphatic heterocycles. The van der Waals surface area contributed by atoms with E-state index in [1.54, 1.807) is 48.9 Å². The van der Waals surface area contributed by atoms with Crippen molar-refractivity contribution in [1.82, 2.24) is 19.5 Å². The Morgan fingerprint density at radius 1 is 0.925 bits per heavy atom. The molecule has 0 atom stereocenters. The second kappa shape index (κ2) is 10.8. The number of aromatic nitrogens is 4. The molecule has 202 valence electrons. The molecule has 2 heterocycles. The van der Waals surface area contributed by atoms with Gasteiger partial charge in [0, 0.05) is 30.9 Å². The first-order chi connectivity index (χ1) is 19.3. The van der Waals surface area contributed by atoms with E-state index in [0.717, 1.165) is 23.4 Å². The number of aryl methyl sites for hydroxylation is 1. The number of methoxy groups -OCH3 is 2. The van der Waals surface area contributed by atoms with E-state index < -0.39 is 28.9 Å². The smallest absolute Gasteiger partial charge is 0.296 e. The third kappa shape index (κ3) is 5.01. The van der Waals surface area contributed by atoms with Gasteiger partial charge in [0.2, 0.25) is 5.88 Å². The number of hydrogen-bond donors (Lipinski definition) is 1. The van der Waals surface area contributed by atoms with E-state index in [0.29, 0.717) is 22.4 Å². The summed E-state index contributed by atoms with van der Waals surface area (Å²) in [7, 11) is 4.75. The molecule has 10 nitrogen and oxygen atoms in total. The molecule has 0 saturated carbocycles. The molecular weight excluding hydrogens is 524 g/mol. The number of imidazole rings is 1. The van der Waals surface area contributed by atoms with Crippen LogP contribution in [-0.2, 0) is 11.8 Å². The van der Waals surface area contributed by atoms with E-state index in [2.05, 4.69) is 20.3 Å². The number of carbonyl (C=O) groups excluding carboxylic acids is 2. The number of nitrogens with one attached hydrogen (secondary N) is 1. The van der Waals surface area contributed by atoms with Crippen LogP contribution in [0.25, 0.3) is 22.2 Å². The van der Waals surface area contributed by atoms with Crippen molar-refractivity contribution in [1.29, 1.82) is 0 Å². The molecule has 1 amide bonds. The van der Waals surface area contributed by atoms with Gasteiger partial charge in [-0.1, -0.05) is 12.1 Å². The van der Waals surface area contributed by atoms with Gasteiger partial charge in [-0.25, -0.2) is 23.7 Å². The maximum atomic E-state index is 14.9. The average Bonchev–Trinajstić information content (AvgIpc) is 3.38. The van der Waals surface area contributed by atoms with Crippen molar-refractivity contribution in [2.45, 2.75) is 0 Å². The molecule has 0 aliphatic carbocycles. The lowest BCUT2D eigenvalue weighted by Gasteiger charge is -2.12. The molecular formula is C28H21F2N5O5. The Labute approximate surface area is 226 Å². The number of fused-ring (bicyclic) bond motifs is 1. The fourth-order valence-corrected chi connectivity index (χ4v) is 4.04. The highest BCUT2D eigenvalue weighted by Gasteiger charge is 2.26. The fourth-order valence-electron chi connectivity index (χ4n) is 4.04. The molecule has 3 aromatic carbocycles. The van der Waals surface area contributed by atoms with Crippen LogP contribution < -0.4 is 19.5 Å². The molecule has 0 unspecified atom stereocenters. The molecule has 0 fully saturated rings. The summed E-state index contributed by atoms with van der Waals surface area (Å²) in [5, 5.41) is 2.75. The third-order valence-corrected chi connectivity index (χ3v) is 6.02. The van der Waals surface area contributed by atoms with E-state index in [-0.39, 0.29) is 17.3 Å². The average molecular weight is 546 g/mol. The zero-order chi connectivity index (χ0) is 28.4. The van der Waals surface area contributed by atoms with Crippen molar-refractivity contribution in [3.05, 3.63) is 84.6 Å². The lowest BCUT2D eigenvalue weighted by atomic mass is 10.1. The van der Waals surface area contributed by atoms with Crippen molar-refractivity contribution in [3.63, 3.8) is 0 Å². The first-order valence-corrected chi connectivity index (χ1v) is 11.7. The van der Waals surface area contributed by atoms with Crippen molar-refractivity contribution in [2.75, 3.05) is 19.5 Å². The lowest BCUT2D eigenvalue weighted by Crippen LogP contribution is -2.25. The number of ether oxygens (including phenoxy) is 3. The minimum absolute atomic E-state index is 0.0175. The number of Topliss-reactive ketones (excluding diaryl/α,β-unsaturated/α-hetero) is 1. The Bertz CT molecular complexity index is 1730. The molecule has 1 N–H and O–H groups in total. The highest BCUT2D eigenvalue weighted by molar-refractivity contribution is 6.46. The summed E-state index contributed by atoms with van der Waals surface area (Å²) in [6, 6.07) is 11.3. The van der Waals surface area contributed by atoms with Crippen LogP contribution in [0.5, 0.6) is 23.1 Å². The maximum Gasteiger partial charge on any atom is 0.296 e. The van der Waals surface area contributed by atoms with Crippen molar-refractivity contribution in [2.24, 2.45) is 7.05 Å². The Balaban J connectivity index is 1.35. The number of anilines is 1. The molecule has 40 heavy (non-hydrogen) atoms. The van der Waals surface area contributed by atoms with Crippen molar-refractivity contribution in [3.8, 4) is 34.4 Å². The third-order valence-electron chi connectivity index (χ3n) is 6.02. The summed E-state index contributed by atoms with van der Waals surface area (Å²) in [4.78, 5) is 37.5. The van der Waals surface area contributed by atoms with E-state index >= 15 is 0 Å². The molecule has 0 aliphatic rings. The topological polar surface area (TPSA) is 117 Å². The number of amides is 1. The van der Waals surface area contributed by atoms with Crippen LogP contribution in [-0.4, -0.2) is 45.4 Å². The largest absolute Gasteiger partial charge is 0.493 e. The van der Waals surface area contributed by atoms with Gasteiger partial charge in [0.1, 0.15) is 23.7 Å². The number of ketones is 1. The summed E-state index contributed by atoms with van der Waals surface area (Å²) in [6.07, 6.45) is 4.53. The highest BCUT2D eigenvalue weighted by Crippen LogP contribution is 2.36. The van der Waals surface area contributed by atoms with Gasteiger partial charge in [0.05, 0.1) is 48.9 Å². The molecule has 12 heteroatoms. The summed E-state index contributed by atoms with van der Waals surface area (Å²) in [5.74, 6) is -4.67. The first-order valence-electron chi connectivity index (χ1n) is 11.7. The maximum absolute atomic E-state index is 14.9. The second-order valence-electron chi connectivity index (χ2n) is 8.52. The zero-order valence-corrected chi connectivity index (χ0v) is 21.4. The molecule has 0 radical (unpaired) electrons. The van der Waals surface area contributed by atoms with Gasteiger partial charge < -0.3 is 24.1 Å². The van der Waals surface area contributed by atoms with E-state index in [9.17, 15) is 18.4 Å². The SMILES string of the molecule is COc1cc2ncnc(Oc3cc(F)c(C(=O)C(=O)Nc4ccc(-c5cncn5C)cc4)c(F)c3)c2cc1OC. The number of rotatable bonds is 8. The fraction of sp³-hybridized carbons (Fsp3) is 0.107. The van der Waals surface area contributed by atoms with Gasteiger partial charge in [-0.2, -0.15) is 0 Å². The van der Waals surface area contributed by atoms with Crippen LogP contribution in [0.2, 0.25) is 0 Å². The number of benzene rings is 3. The van der Waals surface area contributed by atoms with Crippen molar-refractivity contribution < 1.29 is 32.6 Å². The quantitative estimate of drug-likeness (QED) is 0.215. The molecule has 0 spiro atoms. The normalized spacial score (nSPS) is 10.8. The van der Waals surface area contributed by atoms with Crippen LogP contribution in [0.3, 0.4) is 0 Å². The minimum atomic E-state index is -1.39. The zero-order valence-electron chi connectivity index (χ0n) is 21.4. The first kappa shape index (κ1) is 26.2. The summed E-state index contributed by atoms with van der Waals surface area (Å²) < 4.78 is 47.9. The van der Waals surface area contributed by atoms with Crippen LogP contribution in [0.4, 0.5) is 14.5 Å². The summed E-state index contributed by atoms with van der Waals surface area (Å²) in [5.41, 5.74) is 1.35. The van der Waals surface area contributed by atoms with Crippen LogP contribution in [0.1, 0.15) is 10.4 Å². The molecule has 5 aromatic rings. The predicted octanol–water partition coefficient (Wildman–Crippen LogP) is 4.94. The van der Waals surface area contributed by atoms with Gasteiger partial charge >= 0.3 is 0 Å². The standard InChI is InChI=1S/C28H21F2N5O5/c1-35-14-31-12-22(35)15-4-6-16(7-5-15)34-27(37)26(36)25-19(29)8-17(9-20(25)30)40-28-18-10-23(38-2)24(39-3)11-21(18)32-13-33-28/h4-14H,1-3H3,(H,34,37). The van der Waals surface area contributed by atoms with Gasteiger partial charge in [-0.3, -0.25) is 9.59 Å². The van der Waals surface area contributed by atoms with E-state index in [4.69, 9.17) is 14.2 Å². The van der Waals surface area contributed by atoms with Crippen LogP contribution >= 0.6 is 0 Å². The highest BCUT2D eigenvalue weighted by atomic mass is 19.1. The second-order valence-corrected chi connectivity index (χ2v) is 8.52. The van der Waals surface area contributed by atoms with Gasteiger partial charge in [0.15, 0.2) is 11.5 Å². The van der Waals surface area contributed by atoms with Gasteiger partial charge in [-0.15, -0.1) is 0 Å². The molecule has 0 bridgehead atoms. The summed E-state index contributed by atoms with van der Waals surface area (Å²) >= 11 is 0. The Morgan fingerprint density at radius 3 is 2.23 bits per heavy atom. The minimum Gasteiger partial charge on any atom is -0.493 e. The summed E-state index contributed by atoms with van der Waals surface area (Å²) in [6.45, 7) is 0. The van der Waals surface area contributed by atoms with Crippen molar-refractivity contribution >= 4 is 28.3 Å². The van der Waals surface area contributed by atoms with Crippen LogP contribution in [0.15, 0.2) is 67.4 Å². The van der Waals surface area contributed by atoms with E-state index in [1.807, 2.05) is 11.6 Å². The number of carbonyl (C=O) groups is 2. The Morgan fingerprint density at radius 2 is 1.60 bits per heavy atom. The monoisotopic (exact) mass is 545 g/mol.